The molecule has 0 heterocycles. The van der Waals surface area contributed by atoms with E-state index in [1.165, 1.54) is 57.2 Å². The summed E-state index contributed by atoms with van der Waals surface area (Å²) in [7, 11) is 0. The molecular formula is C14H27NS. The molecule has 1 saturated carbocycles. The van der Waals surface area contributed by atoms with E-state index in [0.29, 0.717) is 0 Å². The van der Waals surface area contributed by atoms with Crippen LogP contribution in [0.15, 0.2) is 12.7 Å². The monoisotopic (exact) mass is 241 g/mol. The van der Waals surface area contributed by atoms with Crippen LogP contribution in [0.4, 0.5) is 0 Å². The Hall–Kier alpha value is 0.0500. The van der Waals surface area contributed by atoms with Gasteiger partial charge in [0.15, 0.2) is 0 Å². The average Bonchev–Trinajstić information content (AvgIpc) is 2.72. The summed E-state index contributed by atoms with van der Waals surface area (Å²) < 4.78 is 0. The van der Waals surface area contributed by atoms with Crippen LogP contribution in [0, 0.1) is 0 Å². The first-order chi connectivity index (χ1) is 7.88. The normalized spacial score (nSPS) is 24.8. The maximum atomic E-state index is 3.75. The quantitative estimate of drug-likeness (QED) is 0.484. The van der Waals surface area contributed by atoms with Crippen LogP contribution in [0.3, 0.4) is 0 Å². The number of thioether (sulfide) groups is 1. The topological polar surface area (TPSA) is 12.0 Å². The van der Waals surface area contributed by atoms with E-state index in [9.17, 15) is 0 Å². The van der Waals surface area contributed by atoms with Crippen molar-refractivity contribution in [1.29, 1.82) is 0 Å². The first-order valence-corrected chi connectivity index (χ1v) is 7.89. The summed E-state index contributed by atoms with van der Waals surface area (Å²) in [6.07, 6.45) is 11.4. The Bertz CT molecular complexity index is 182. The fourth-order valence-electron chi connectivity index (χ4n) is 2.45. The van der Waals surface area contributed by atoms with Crippen LogP contribution in [0.25, 0.3) is 0 Å². The van der Waals surface area contributed by atoms with Crippen molar-refractivity contribution < 1.29 is 0 Å². The summed E-state index contributed by atoms with van der Waals surface area (Å²) >= 11 is 2.14. The molecule has 0 aromatic rings. The second-order valence-electron chi connectivity index (χ2n) is 4.62. The molecule has 0 spiro atoms. The van der Waals surface area contributed by atoms with E-state index in [1.54, 1.807) is 0 Å². The van der Waals surface area contributed by atoms with Crippen molar-refractivity contribution in [3.63, 3.8) is 0 Å². The summed E-state index contributed by atoms with van der Waals surface area (Å²) in [4.78, 5) is 0. The lowest BCUT2D eigenvalue weighted by Gasteiger charge is -2.20. The van der Waals surface area contributed by atoms with Gasteiger partial charge in [-0.25, -0.2) is 0 Å². The minimum absolute atomic E-state index is 0.796. The van der Waals surface area contributed by atoms with Crippen molar-refractivity contribution in [3.8, 4) is 0 Å². The SMILES string of the molecule is C=CCCCCCNC1CCCC1SCC. The Balaban J connectivity index is 2.00. The zero-order valence-electron chi connectivity index (χ0n) is 10.7. The smallest absolute Gasteiger partial charge is 0.0201 e. The van der Waals surface area contributed by atoms with Crippen molar-refractivity contribution in [2.45, 2.75) is 63.2 Å². The Labute approximate surface area is 105 Å². The van der Waals surface area contributed by atoms with Gasteiger partial charge in [-0.2, -0.15) is 11.8 Å². The molecule has 1 N–H and O–H groups in total. The highest BCUT2D eigenvalue weighted by atomic mass is 32.2. The second kappa shape index (κ2) is 9.12. The molecule has 1 nitrogen and oxygen atoms in total. The van der Waals surface area contributed by atoms with Crippen molar-refractivity contribution in [1.82, 2.24) is 5.32 Å². The van der Waals surface area contributed by atoms with Gasteiger partial charge in [-0.15, -0.1) is 6.58 Å². The maximum Gasteiger partial charge on any atom is 0.0201 e. The van der Waals surface area contributed by atoms with Crippen LogP contribution in [0.5, 0.6) is 0 Å². The molecule has 94 valence electrons. The third-order valence-corrected chi connectivity index (χ3v) is 4.65. The van der Waals surface area contributed by atoms with Gasteiger partial charge in [-0.1, -0.05) is 25.8 Å². The van der Waals surface area contributed by atoms with Crippen LogP contribution in [0.1, 0.15) is 51.9 Å². The van der Waals surface area contributed by atoms with Gasteiger partial charge in [0.2, 0.25) is 0 Å². The van der Waals surface area contributed by atoms with E-state index >= 15 is 0 Å². The van der Waals surface area contributed by atoms with Crippen molar-refractivity contribution in [2.24, 2.45) is 0 Å². The largest absolute Gasteiger partial charge is 0.313 e. The summed E-state index contributed by atoms with van der Waals surface area (Å²) in [5.41, 5.74) is 0. The molecule has 0 radical (unpaired) electrons. The van der Waals surface area contributed by atoms with Gasteiger partial charge < -0.3 is 5.32 Å². The number of allylic oxidation sites excluding steroid dienone is 1. The Morgan fingerprint density at radius 3 is 2.94 bits per heavy atom. The predicted octanol–water partition coefficient (Wildman–Crippen LogP) is 4.00. The van der Waals surface area contributed by atoms with E-state index in [0.717, 1.165) is 11.3 Å². The molecule has 0 aliphatic heterocycles. The van der Waals surface area contributed by atoms with Gasteiger partial charge in [-0.3, -0.25) is 0 Å². The van der Waals surface area contributed by atoms with Crippen molar-refractivity contribution in [3.05, 3.63) is 12.7 Å². The highest BCUT2D eigenvalue weighted by Gasteiger charge is 2.25. The number of hydrogen-bond acceptors (Lipinski definition) is 2. The number of hydrogen-bond donors (Lipinski definition) is 1. The van der Waals surface area contributed by atoms with Gasteiger partial charge in [0.1, 0.15) is 0 Å². The third kappa shape index (κ3) is 5.40. The lowest BCUT2D eigenvalue weighted by Crippen LogP contribution is -2.34. The zero-order valence-corrected chi connectivity index (χ0v) is 11.5. The summed E-state index contributed by atoms with van der Waals surface area (Å²) in [6.45, 7) is 7.24. The molecule has 16 heavy (non-hydrogen) atoms. The molecule has 1 fully saturated rings. The summed E-state index contributed by atoms with van der Waals surface area (Å²) in [5.74, 6) is 1.27. The Morgan fingerprint density at radius 1 is 1.31 bits per heavy atom. The number of nitrogens with one attached hydrogen (secondary N) is 1. The minimum Gasteiger partial charge on any atom is -0.313 e. The van der Waals surface area contributed by atoms with E-state index in [-0.39, 0.29) is 0 Å². The lowest BCUT2D eigenvalue weighted by atomic mass is 10.2. The summed E-state index contributed by atoms with van der Waals surface area (Å²) in [5, 5.41) is 4.63. The van der Waals surface area contributed by atoms with Gasteiger partial charge in [-0.05, 0) is 44.4 Å². The van der Waals surface area contributed by atoms with E-state index < -0.39 is 0 Å². The molecule has 1 rings (SSSR count). The van der Waals surface area contributed by atoms with Crippen LogP contribution in [0.2, 0.25) is 0 Å². The molecule has 1 aliphatic carbocycles. The second-order valence-corrected chi connectivity index (χ2v) is 6.14. The van der Waals surface area contributed by atoms with Crippen LogP contribution >= 0.6 is 11.8 Å². The maximum absolute atomic E-state index is 3.75. The molecule has 0 amide bonds. The lowest BCUT2D eigenvalue weighted by molar-refractivity contribution is 0.510. The van der Waals surface area contributed by atoms with Gasteiger partial charge in [0, 0.05) is 11.3 Å². The van der Waals surface area contributed by atoms with E-state index in [4.69, 9.17) is 0 Å². The molecule has 0 aromatic carbocycles. The summed E-state index contributed by atoms with van der Waals surface area (Å²) in [6, 6.07) is 0.796. The number of unbranched alkanes of at least 4 members (excludes halogenated alkanes) is 3. The average molecular weight is 241 g/mol. The third-order valence-electron chi connectivity index (χ3n) is 3.32. The zero-order chi connectivity index (χ0) is 11.6. The molecule has 1 aliphatic rings. The fourth-order valence-corrected chi connectivity index (χ4v) is 3.68. The minimum atomic E-state index is 0.796. The Kier molecular flexibility index (Phi) is 8.04. The van der Waals surface area contributed by atoms with Crippen LogP contribution < -0.4 is 5.32 Å². The van der Waals surface area contributed by atoms with Gasteiger partial charge >= 0.3 is 0 Å². The molecule has 0 bridgehead atoms. The van der Waals surface area contributed by atoms with Crippen LogP contribution in [-0.2, 0) is 0 Å². The van der Waals surface area contributed by atoms with Crippen molar-refractivity contribution in [2.75, 3.05) is 12.3 Å². The van der Waals surface area contributed by atoms with Gasteiger partial charge in [0.25, 0.3) is 0 Å². The first-order valence-electron chi connectivity index (χ1n) is 6.84. The fraction of sp³-hybridized carbons (Fsp3) is 0.857. The van der Waals surface area contributed by atoms with Crippen LogP contribution in [-0.4, -0.2) is 23.6 Å². The molecule has 2 unspecified atom stereocenters. The predicted molar refractivity (Wildman–Crippen MR) is 76.2 cm³/mol. The van der Waals surface area contributed by atoms with Gasteiger partial charge in [0.05, 0.1) is 0 Å². The van der Waals surface area contributed by atoms with E-state index in [2.05, 4.69) is 30.6 Å². The molecule has 2 heteroatoms. The highest BCUT2D eigenvalue weighted by Crippen LogP contribution is 2.29. The standard InChI is InChI=1S/C14H27NS/c1-3-5-6-7-8-12-15-13-10-9-11-14(13)16-4-2/h3,13-15H,1,4-12H2,2H3. The first kappa shape index (κ1) is 14.1. The van der Waals surface area contributed by atoms with E-state index in [1.807, 2.05) is 6.08 Å². The highest BCUT2D eigenvalue weighted by molar-refractivity contribution is 7.99. The number of rotatable bonds is 9. The molecular weight excluding hydrogens is 214 g/mol. The van der Waals surface area contributed by atoms with Crippen molar-refractivity contribution >= 4 is 11.8 Å². The Morgan fingerprint density at radius 2 is 2.19 bits per heavy atom. The molecule has 0 saturated heterocycles. The molecule has 2 atom stereocenters. The molecule has 0 aromatic heterocycles.